The van der Waals surface area contributed by atoms with Gasteiger partial charge in [0.2, 0.25) is 11.8 Å². The lowest BCUT2D eigenvalue weighted by atomic mass is 9.98. The summed E-state index contributed by atoms with van der Waals surface area (Å²) in [5.74, 6) is -2.48. The number of carbonyl (C=O) groups is 2. The third-order valence-electron chi connectivity index (χ3n) is 2.07. The predicted molar refractivity (Wildman–Crippen MR) is 57.0 cm³/mol. The summed E-state index contributed by atoms with van der Waals surface area (Å²) in [6.45, 7) is 0. The van der Waals surface area contributed by atoms with Gasteiger partial charge in [-0.1, -0.05) is 29.8 Å². The molecular formula is C10H11ClN2O2. The highest BCUT2D eigenvalue weighted by Gasteiger charge is 2.22. The standard InChI is InChI=1S/C10H11ClN2O2/c11-8-4-2-1-3-6(8)5-7(9(12)14)10(13)15/h1-4,7H,5H2,(H2,12,14)(H2,13,15). The number of primary amides is 2. The zero-order chi connectivity index (χ0) is 11.4. The molecule has 0 aromatic heterocycles. The molecule has 15 heavy (non-hydrogen) atoms. The Morgan fingerprint density at radius 1 is 1.20 bits per heavy atom. The molecule has 0 saturated carbocycles. The maximum absolute atomic E-state index is 10.9. The molecule has 0 aliphatic carbocycles. The van der Waals surface area contributed by atoms with E-state index in [0.717, 1.165) is 0 Å². The third-order valence-corrected chi connectivity index (χ3v) is 2.44. The number of rotatable bonds is 4. The normalized spacial score (nSPS) is 10.3. The van der Waals surface area contributed by atoms with E-state index >= 15 is 0 Å². The Kier molecular flexibility index (Phi) is 3.68. The Bertz CT molecular complexity index is 379. The van der Waals surface area contributed by atoms with Gasteiger partial charge in [0.25, 0.3) is 0 Å². The lowest BCUT2D eigenvalue weighted by molar-refractivity contribution is -0.131. The van der Waals surface area contributed by atoms with E-state index in [0.29, 0.717) is 10.6 Å². The quantitative estimate of drug-likeness (QED) is 0.732. The number of halogens is 1. The van der Waals surface area contributed by atoms with Crippen LogP contribution in [-0.4, -0.2) is 11.8 Å². The number of benzene rings is 1. The monoisotopic (exact) mass is 226 g/mol. The Labute approximate surface area is 92.2 Å². The number of amides is 2. The molecule has 4 N–H and O–H groups in total. The first-order chi connectivity index (χ1) is 7.02. The average Bonchev–Trinajstić information content (AvgIpc) is 2.15. The van der Waals surface area contributed by atoms with Gasteiger partial charge in [0.15, 0.2) is 0 Å². The summed E-state index contributed by atoms with van der Waals surface area (Å²) in [5.41, 5.74) is 10.8. The van der Waals surface area contributed by atoms with Gasteiger partial charge in [-0.25, -0.2) is 0 Å². The van der Waals surface area contributed by atoms with Crippen LogP contribution in [-0.2, 0) is 16.0 Å². The summed E-state index contributed by atoms with van der Waals surface area (Å²) < 4.78 is 0. The summed E-state index contributed by atoms with van der Waals surface area (Å²) in [7, 11) is 0. The Balaban J connectivity index is 2.88. The number of nitrogens with two attached hydrogens (primary N) is 2. The Hall–Kier alpha value is -1.55. The van der Waals surface area contributed by atoms with Gasteiger partial charge in [-0.3, -0.25) is 9.59 Å². The first-order valence-electron chi connectivity index (χ1n) is 4.34. The summed E-state index contributed by atoms with van der Waals surface area (Å²) in [6.07, 6.45) is 0.143. The third kappa shape index (κ3) is 2.95. The Morgan fingerprint density at radius 3 is 2.20 bits per heavy atom. The Morgan fingerprint density at radius 2 is 1.73 bits per heavy atom. The SMILES string of the molecule is NC(=O)C(Cc1ccccc1Cl)C(N)=O. The molecule has 0 aliphatic rings. The first-order valence-corrected chi connectivity index (χ1v) is 4.72. The van der Waals surface area contributed by atoms with Crippen LogP contribution in [0.1, 0.15) is 5.56 Å². The second-order valence-electron chi connectivity index (χ2n) is 3.15. The second kappa shape index (κ2) is 4.79. The van der Waals surface area contributed by atoms with E-state index in [2.05, 4.69) is 0 Å². The fourth-order valence-corrected chi connectivity index (χ4v) is 1.44. The van der Waals surface area contributed by atoms with Gasteiger partial charge in [0.1, 0.15) is 5.92 Å². The topological polar surface area (TPSA) is 86.2 Å². The molecule has 1 rings (SSSR count). The van der Waals surface area contributed by atoms with Crippen LogP contribution in [0.15, 0.2) is 24.3 Å². The number of hydrogen-bond acceptors (Lipinski definition) is 2. The highest BCUT2D eigenvalue weighted by Crippen LogP contribution is 2.18. The molecule has 0 unspecified atom stereocenters. The van der Waals surface area contributed by atoms with E-state index in [-0.39, 0.29) is 6.42 Å². The maximum Gasteiger partial charge on any atom is 0.230 e. The summed E-state index contributed by atoms with van der Waals surface area (Å²) >= 11 is 5.87. The molecule has 5 heteroatoms. The number of hydrogen-bond donors (Lipinski definition) is 2. The van der Waals surface area contributed by atoms with E-state index in [1.165, 1.54) is 0 Å². The van der Waals surface area contributed by atoms with Crippen molar-refractivity contribution < 1.29 is 9.59 Å². The molecule has 0 atom stereocenters. The summed E-state index contributed by atoms with van der Waals surface area (Å²) in [5, 5.41) is 0.491. The van der Waals surface area contributed by atoms with E-state index in [4.69, 9.17) is 23.1 Å². The van der Waals surface area contributed by atoms with Gasteiger partial charge in [-0.05, 0) is 18.1 Å². The van der Waals surface area contributed by atoms with Crippen molar-refractivity contribution in [1.29, 1.82) is 0 Å². The van der Waals surface area contributed by atoms with Crippen LogP contribution >= 0.6 is 11.6 Å². The van der Waals surface area contributed by atoms with Crippen LogP contribution in [0, 0.1) is 5.92 Å². The predicted octanol–water partition coefficient (Wildman–Crippen LogP) is 0.469. The largest absolute Gasteiger partial charge is 0.369 e. The number of carbonyl (C=O) groups excluding carboxylic acids is 2. The molecule has 2 amide bonds. The van der Waals surface area contributed by atoms with Crippen molar-refractivity contribution in [3.8, 4) is 0 Å². The van der Waals surface area contributed by atoms with Gasteiger partial charge in [0, 0.05) is 5.02 Å². The molecule has 80 valence electrons. The maximum atomic E-state index is 10.9. The van der Waals surface area contributed by atoms with Gasteiger partial charge < -0.3 is 11.5 Å². The first kappa shape index (κ1) is 11.5. The molecule has 0 bridgehead atoms. The van der Waals surface area contributed by atoms with E-state index < -0.39 is 17.7 Å². The highest BCUT2D eigenvalue weighted by atomic mass is 35.5. The zero-order valence-corrected chi connectivity index (χ0v) is 8.70. The van der Waals surface area contributed by atoms with Crippen LogP contribution < -0.4 is 11.5 Å². The van der Waals surface area contributed by atoms with Gasteiger partial charge in [0.05, 0.1) is 0 Å². The molecule has 0 aliphatic heterocycles. The minimum atomic E-state index is -1.01. The van der Waals surface area contributed by atoms with Gasteiger partial charge in [-0.2, -0.15) is 0 Å². The minimum Gasteiger partial charge on any atom is -0.369 e. The van der Waals surface area contributed by atoms with E-state index in [1.54, 1.807) is 24.3 Å². The van der Waals surface area contributed by atoms with Crippen LogP contribution in [0.2, 0.25) is 5.02 Å². The minimum absolute atomic E-state index is 0.143. The van der Waals surface area contributed by atoms with Crippen molar-refractivity contribution in [3.63, 3.8) is 0 Å². The van der Waals surface area contributed by atoms with E-state index in [9.17, 15) is 9.59 Å². The van der Waals surface area contributed by atoms with Crippen molar-refractivity contribution in [2.75, 3.05) is 0 Å². The van der Waals surface area contributed by atoms with Crippen LogP contribution in [0.3, 0.4) is 0 Å². The van der Waals surface area contributed by atoms with Crippen molar-refractivity contribution in [3.05, 3.63) is 34.9 Å². The highest BCUT2D eigenvalue weighted by molar-refractivity contribution is 6.31. The van der Waals surface area contributed by atoms with Gasteiger partial charge >= 0.3 is 0 Å². The average molecular weight is 227 g/mol. The molecule has 0 spiro atoms. The van der Waals surface area contributed by atoms with Crippen LogP contribution in [0.5, 0.6) is 0 Å². The van der Waals surface area contributed by atoms with Crippen LogP contribution in [0.4, 0.5) is 0 Å². The van der Waals surface area contributed by atoms with Crippen molar-refractivity contribution >= 4 is 23.4 Å². The molecule has 4 nitrogen and oxygen atoms in total. The van der Waals surface area contributed by atoms with Crippen LogP contribution in [0.25, 0.3) is 0 Å². The second-order valence-corrected chi connectivity index (χ2v) is 3.56. The van der Waals surface area contributed by atoms with Gasteiger partial charge in [-0.15, -0.1) is 0 Å². The molecular weight excluding hydrogens is 216 g/mol. The van der Waals surface area contributed by atoms with Crippen molar-refractivity contribution in [2.24, 2.45) is 17.4 Å². The fourth-order valence-electron chi connectivity index (χ4n) is 1.23. The molecule has 0 saturated heterocycles. The molecule has 0 heterocycles. The lowest BCUT2D eigenvalue weighted by Gasteiger charge is -2.10. The molecule has 0 radical (unpaired) electrons. The summed E-state index contributed by atoms with van der Waals surface area (Å²) in [6, 6.07) is 6.92. The summed E-state index contributed by atoms with van der Waals surface area (Å²) in [4.78, 5) is 21.9. The van der Waals surface area contributed by atoms with E-state index in [1.807, 2.05) is 0 Å². The smallest absolute Gasteiger partial charge is 0.230 e. The zero-order valence-electron chi connectivity index (χ0n) is 7.94. The molecule has 1 aromatic rings. The molecule has 1 aromatic carbocycles. The molecule has 0 fully saturated rings. The lowest BCUT2D eigenvalue weighted by Crippen LogP contribution is -2.36. The van der Waals surface area contributed by atoms with Crippen molar-refractivity contribution in [2.45, 2.75) is 6.42 Å². The fraction of sp³-hybridized carbons (Fsp3) is 0.200. The van der Waals surface area contributed by atoms with Crippen molar-refractivity contribution in [1.82, 2.24) is 0 Å².